The number of carbonyl (C=O) groups excluding carboxylic acids is 1. The van der Waals surface area contributed by atoms with Crippen LogP contribution in [0.4, 0.5) is 10.5 Å². The molecule has 0 bridgehead atoms. The third-order valence-electron chi connectivity index (χ3n) is 7.04. The van der Waals surface area contributed by atoms with Crippen molar-refractivity contribution < 1.29 is 9.53 Å². The van der Waals surface area contributed by atoms with Crippen molar-refractivity contribution in [1.29, 1.82) is 0 Å². The largest absolute Gasteiger partial charge is 0.494 e. The molecule has 0 unspecified atom stereocenters. The second-order valence-corrected chi connectivity index (χ2v) is 10.7. The molecule has 3 heterocycles. The van der Waals surface area contributed by atoms with Gasteiger partial charge in [-0.1, -0.05) is 35.9 Å². The van der Waals surface area contributed by atoms with Gasteiger partial charge >= 0.3 is 6.03 Å². The predicted octanol–water partition coefficient (Wildman–Crippen LogP) is 7.61. The van der Waals surface area contributed by atoms with Gasteiger partial charge in [0.25, 0.3) is 0 Å². The molecule has 36 heavy (non-hydrogen) atoms. The molecule has 0 fully saturated rings. The lowest BCUT2D eigenvalue weighted by atomic mass is 9.95. The van der Waals surface area contributed by atoms with Gasteiger partial charge in [-0.15, -0.1) is 11.3 Å². The van der Waals surface area contributed by atoms with E-state index in [4.69, 9.17) is 16.3 Å². The maximum Gasteiger partial charge on any atom is 0.323 e. The number of fused-ring (bicyclic) bond motifs is 5. The molecule has 4 aromatic rings. The van der Waals surface area contributed by atoms with Crippen molar-refractivity contribution in [3.05, 3.63) is 99.1 Å². The lowest BCUT2D eigenvalue weighted by molar-refractivity contribution is 0.194. The smallest absolute Gasteiger partial charge is 0.323 e. The first-order valence-corrected chi connectivity index (χ1v) is 13.7. The van der Waals surface area contributed by atoms with Gasteiger partial charge in [-0.25, -0.2) is 4.79 Å². The van der Waals surface area contributed by atoms with E-state index in [1.54, 1.807) is 6.07 Å². The van der Waals surface area contributed by atoms with E-state index in [0.717, 1.165) is 29.8 Å². The third kappa shape index (κ3) is 4.08. The highest BCUT2D eigenvalue weighted by Gasteiger charge is 2.36. The lowest BCUT2D eigenvalue weighted by Crippen LogP contribution is -2.38. The van der Waals surface area contributed by atoms with Gasteiger partial charge in [-0.3, -0.25) is 0 Å². The normalized spacial score (nSPS) is 16.5. The summed E-state index contributed by atoms with van der Waals surface area (Å²) >= 11 is 8.30. The predicted molar refractivity (Wildman–Crippen MR) is 146 cm³/mol. The first kappa shape index (κ1) is 23.2. The van der Waals surface area contributed by atoms with E-state index >= 15 is 0 Å². The summed E-state index contributed by atoms with van der Waals surface area (Å²) in [4.78, 5) is 17.4. The zero-order chi connectivity index (χ0) is 24.6. The summed E-state index contributed by atoms with van der Waals surface area (Å²) in [6, 6.07) is 19.2. The molecule has 0 radical (unpaired) electrons. The fourth-order valence-electron chi connectivity index (χ4n) is 5.43. The van der Waals surface area contributed by atoms with E-state index in [-0.39, 0.29) is 12.1 Å². The number of thiophene rings is 1. The van der Waals surface area contributed by atoms with Crippen LogP contribution in [0.15, 0.2) is 66.9 Å². The van der Waals surface area contributed by atoms with Crippen LogP contribution < -0.4 is 10.1 Å². The Kier molecular flexibility index (Phi) is 6.23. The Labute approximate surface area is 220 Å². The highest BCUT2D eigenvalue weighted by molar-refractivity contribution is 7.15. The number of aromatic nitrogens is 1. The van der Waals surface area contributed by atoms with E-state index < -0.39 is 0 Å². The number of aryl methyl sites for hydroxylation is 1. The fourth-order valence-corrected chi connectivity index (χ4v) is 7.01. The minimum atomic E-state index is -0.290. The fraction of sp³-hybridized carbons (Fsp3) is 0.276. The highest BCUT2D eigenvalue weighted by Crippen LogP contribution is 2.44. The number of anilines is 1. The molecule has 0 spiro atoms. The van der Waals surface area contributed by atoms with Crippen LogP contribution in [0.25, 0.3) is 5.00 Å². The number of hydrogen-bond acceptors (Lipinski definition) is 3. The van der Waals surface area contributed by atoms with Gasteiger partial charge in [0.05, 0.1) is 35.6 Å². The Morgan fingerprint density at radius 1 is 1.08 bits per heavy atom. The molecule has 0 saturated heterocycles. The highest BCUT2D eigenvalue weighted by atomic mass is 35.5. The Hall–Kier alpha value is -3.22. The van der Waals surface area contributed by atoms with Crippen molar-refractivity contribution in [2.75, 3.05) is 11.9 Å². The Morgan fingerprint density at radius 3 is 2.81 bits per heavy atom. The van der Waals surface area contributed by atoms with Gasteiger partial charge < -0.3 is 19.5 Å². The van der Waals surface area contributed by atoms with Gasteiger partial charge in [0.1, 0.15) is 10.8 Å². The van der Waals surface area contributed by atoms with Crippen molar-refractivity contribution in [3.8, 4) is 10.8 Å². The minimum absolute atomic E-state index is 0.175. The topological polar surface area (TPSA) is 46.5 Å². The second kappa shape index (κ2) is 9.68. The number of hydrogen-bond donors (Lipinski definition) is 1. The van der Waals surface area contributed by atoms with Gasteiger partial charge in [-0.2, -0.15) is 0 Å². The standard InChI is InChI=1S/C29H28ClN3O2S/c1-2-35-20-10-7-9-19(17-20)27-25-14-8-16-32(25)28-22(21-11-3-6-15-26(21)36-28)18-33(27)29(34)31-24-13-5-4-12-23(24)30/h4-5,7-10,12-14,16-17,27H,2-3,6,11,15,18H2,1H3,(H,31,34)/t27-/m0/s1. The van der Waals surface area contributed by atoms with Crippen LogP contribution in [0.1, 0.15) is 53.1 Å². The van der Waals surface area contributed by atoms with Crippen molar-refractivity contribution in [3.63, 3.8) is 0 Å². The molecule has 6 rings (SSSR count). The quantitative estimate of drug-likeness (QED) is 0.303. The van der Waals surface area contributed by atoms with E-state index in [2.05, 4.69) is 40.3 Å². The number of nitrogens with one attached hydrogen (secondary N) is 1. The van der Waals surface area contributed by atoms with Crippen LogP contribution >= 0.6 is 22.9 Å². The molecular weight excluding hydrogens is 490 g/mol. The molecule has 1 atom stereocenters. The number of halogens is 1. The molecule has 1 aliphatic carbocycles. The first-order chi connectivity index (χ1) is 17.6. The number of rotatable bonds is 4. The monoisotopic (exact) mass is 517 g/mol. The molecule has 184 valence electrons. The average molecular weight is 518 g/mol. The Bertz CT molecular complexity index is 1430. The second-order valence-electron chi connectivity index (χ2n) is 9.24. The Balaban J connectivity index is 1.50. The number of amides is 2. The van der Waals surface area contributed by atoms with Crippen LogP contribution in [-0.4, -0.2) is 22.1 Å². The summed E-state index contributed by atoms with van der Waals surface area (Å²) < 4.78 is 8.12. The number of ether oxygens (including phenoxy) is 1. The van der Waals surface area contributed by atoms with Gasteiger partial charge in [-0.05, 0) is 80.1 Å². The molecule has 2 amide bonds. The zero-order valence-corrected chi connectivity index (χ0v) is 21.7. The van der Waals surface area contributed by atoms with Crippen LogP contribution in [0.2, 0.25) is 5.02 Å². The summed E-state index contributed by atoms with van der Waals surface area (Å²) in [5.41, 5.74) is 5.39. The molecule has 5 nitrogen and oxygen atoms in total. The van der Waals surface area contributed by atoms with Crippen LogP contribution in [0.5, 0.6) is 5.75 Å². The van der Waals surface area contributed by atoms with Crippen molar-refractivity contribution >= 4 is 34.7 Å². The first-order valence-electron chi connectivity index (χ1n) is 12.5. The maximum atomic E-state index is 14.0. The molecular formula is C29H28ClN3O2S. The number of nitrogens with zero attached hydrogens (tertiary/aromatic N) is 2. The van der Waals surface area contributed by atoms with Crippen LogP contribution in [0.3, 0.4) is 0 Å². The summed E-state index contributed by atoms with van der Waals surface area (Å²) in [5.74, 6) is 0.802. The molecule has 2 aromatic carbocycles. The number of para-hydroxylation sites is 1. The van der Waals surface area contributed by atoms with E-state index in [9.17, 15) is 4.79 Å². The molecule has 1 aliphatic heterocycles. The SMILES string of the molecule is CCOc1cccc([C@H]2c3cccn3-c3sc4c(c3CN2C(=O)Nc2ccccc2Cl)CCCC4)c1. The molecule has 1 N–H and O–H groups in total. The summed E-state index contributed by atoms with van der Waals surface area (Å²) in [7, 11) is 0. The van der Waals surface area contributed by atoms with Crippen molar-refractivity contribution in [2.24, 2.45) is 0 Å². The summed E-state index contributed by atoms with van der Waals surface area (Å²) in [6.07, 6.45) is 6.75. The van der Waals surface area contributed by atoms with Crippen molar-refractivity contribution in [2.45, 2.75) is 45.2 Å². The third-order valence-corrected chi connectivity index (χ3v) is 8.70. The van der Waals surface area contributed by atoms with E-state index in [1.165, 1.54) is 33.8 Å². The minimum Gasteiger partial charge on any atom is -0.494 e. The lowest BCUT2D eigenvalue weighted by Gasteiger charge is -2.31. The van der Waals surface area contributed by atoms with Crippen LogP contribution in [-0.2, 0) is 19.4 Å². The van der Waals surface area contributed by atoms with Crippen molar-refractivity contribution in [1.82, 2.24) is 9.47 Å². The van der Waals surface area contributed by atoms with Gasteiger partial charge in [0.15, 0.2) is 0 Å². The average Bonchev–Trinajstić information content (AvgIpc) is 3.47. The number of carbonyl (C=O) groups is 1. The molecule has 7 heteroatoms. The summed E-state index contributed by atoms with van der Waals surface area (Å²) in [6.45, 7) is 3.10. The van der Waals surface area contributed by atoms with E-state index in [1.807, 2.05) is 53.5 Å². The number of benzene rings is 2. The van der Waals surface area contributed by atoms with E-state index in [0.29, 0.717) is 23.9 Å². The maximum absolute atomic E-state index is 14.0. The molecule has 0 saturated carbocycles. The molecule has 2 aromatic heterocycles. The van der Waals surface area contributed by atoms with Gasteiger partial charge in [0.2, 0.25) is 0 Å². The Morgan fingerprint density at radius 2 is 1.94 bits per heavy atom. The zero-order valence-electron chi connectivity index (χ0n) is 20.2. The number of urea groups is 1. The summed E-state index contributed by atoms with van der Waals surface area (Å²) in [5, 5.41) is 4.85. The van der Waals surface area contributed by atoms with Crippen LogP contribution in [0, 0.1) is 0 Å². The van der Waals surface area contributed by atoms with Gasteiger partial charge in [0, 0.05) is 16.6 Å². The molecule has 2 aliphatic rings.